The van der Waals surface area contributed by atoms with Crippen LogP contribution in [0, 0.1) is 0 Å². The maximum atomic E-state index is 11.4. The van der Waals surface area contributed by atoms with Gasteiger partial charge in [-0.2, -0.15) is 0 Å². The maximum absolute atomic E-state index is 11.4. The Morgan fingerprint density at radius 3 is 2.63 bits per heavy atom. The summed E-state index contributed by atoms with van der Waals surface area (Å²) in [5.74, 6) is 0. The third-order valence-electron chi connectivity index (χ3n) is 3.21. The number of rotatable bonds is 4. The van der Waals surface area contributed by atoms with E-state index in [2.05, 4.69) is 5.32 Å². The zero-order chi connectivity index (χ0) is 13.9. The Morgan fingerprint density at radius 1 is 1.37 bits per heavy atom. The second kappa shape index (κ2) is 6.22. The highest BCUT2D eigenvalue weighted by Crippen LogP contribution is 2.22. The summed E-state index contributed by atoms with van der Waals surface area (Å²) in [5, 5.41) is 3.72. The standard InChI is InChI=1S/C13H18ClNO3S/c1-19(16,17)12-3-2-10(13(14)8-12)9-18-11-4-6-15-7-5-11/h2-3,8,11,15H,4-7,9H2,1H3. The number of nitrogens with one attached hydrogen (secondary N) is 1. The van der Waals surface area contributed by atoms with E-state index in [1.54, 1.807) is 12.1 Å². The lowest BCUT2D eigenvalue weighted by molar-refractivity contribution is 0.0212. The molecule has 0 spiro atoms. The predicted octanol–water partition coefficient (Wildman–Crippen LogP) is 2.01. The van der Waals surface area contributed by atoms with Crippen LogP contribution in [0.4, 0.5) is 0 Å². The second-order valence-electron chi connectivity index (χ2n) is 4.79. The first-order valence-electron chi connectivity index (χ1n) is 6.27. The van der Waals surface area contributed by atoms with Crippen molar-refractivity contribution < 1.29 is 13.2 Å². The molecule has 0 aliphatic carbocycles. The van der Waals surface area contributed by atoms with Crippen molar-refractivity contribution in [2.75, 3.05) is 19.3 Å². The van der Waals surface area contributed by atoms with E-state index in [-0.39, 0.29) is 11.0 Å². The van der Waals surface area contributed by atoms with Gasteiger partial charge < -0.3 is 10.1 Å². The van der Waals surface area contributed by atoms with E-state index in [4.69, 9.17) is 16.3 Å². The van der Waals surface area contributed by atoms with Gasteiger partial charge in [-0.25, -0.2) is 8.42 Å². The zero-order valence-electron chi connectivity index (χ0n) is 10.9. The topological polar surface area (TPSA) is 55.4 Å². The molecule has 1 saturated heterocycles. The van der Waals surface area contributed by atoms with Crippen LogP contribution in [-0.2, 0) is 21.2 Å². The molecule has 6 heteroatoms. The molecule has 0 radical (unpaired) electrons. The molecule has 1 fully saturated rings. The third kappa shape index (κ3) is 4.18. The lowest BCUT2D eigenvalue weighted by Crippen LogP contribution is -2.32. The molecule has 4 nitrogen and oxygen atoms in total. The Labute approximate surface area is 119 Å². The first kappa shape index (κ1) is 14.8. The van der Waals surface area contributed by atoms with Crippen molar-refractivity contribution in [3.05, 3.63) is 28.8 Å². The minimum Gasteiger partial charge on any atom is -0.373 e. The van der Waals surface area contributed by atoms with Gasteiger partial charge >= 0.3 is 0 Å². The summed E-state index contributed by atoms with van der Waals surface area (Å²) in [5.41, 5.74) is 0.826. The predicted molar refractivity (Wildman–Crippen MR) is 75.2 cm³/mol. The Hall–Kier alpha value is -0.620. The highest BCUT2D eigenvalue weighted by molar-refractivity contribution is 7.90. The number of halogens is 1. The Kier molecular flexibility index (Phi) is 4.84. The maximum Gasteiger partial charge on any atom is 0.175 e. The summed E-state index contributed by atoms with van der Waals surface area (Å²) in [6, 6.07) is 4.78. The summed E-state index contributed by atoms with van der Waals surface area (Å²) < 4.78 is 28.6. The molecule has 0 atom stereocenters. The van der Waals surface area contributed by atoms with Crippen molar-refractivity contribution in [3.63, 3.8) is 0 Å². The van der Waals surface area contributed by atoms with Gasteiger partial charge in [-0.05, 0) is 43.6 Å². The van der Waals surface area contributed by atoms with Crippen molar-refractivity contribution in [2.24, 2.45) is 0 Å². The van der Waals surface area contributed by atoms with Crippen LogP contribution in [0.2, 0.25) is 5.02 Å². The van der Waals surface area contributed by atoms with Crippen molar-refractivity contribution in [2.45, 2.75) is 30.4 Å². The summed E-state index contributed by atoms with van der Waals surface area (Å²) in [6.45, 7) is 2.38. The van der Waals surface area contributed by atoms with Crippen LogP contribution in [0.5, 0.6) is 0 Å². The number of piperidine rings is 1. The van der Waals surface area contributed by atoms with Crippen molar-refractivity contribution in [1.82, 2.24) is 5.32 Å². The molecule has 0 bridgehead atoms. The molecule has 1 aliphatic rings. The lowest BCUT2D eigenvalue weighted by atomic mass is 10.1. The summed E-state index contributed by atoms with van der Waals surface area (Å²) in [4.78, 5) is 0.239. The van der Waals surface area contributed by atoms with Crippen LogP contribution >= 0.6 is 11.6 Å². The highest BCUT2D eigenvalue weighted by atomic mass is 35.5. The number of benzene rings is 1. The molecule has 2 rings (SSSR count). The number of ether oxygens (including phenoxy) is 1. The van der Waals surface area contributed by atoms with Crippen LogP contribution in [-0.4, -0.2) is 33.9 Å². The SMILES string of the molecule is CS(=O)(=O)c1ccc(COC2CCNCC2)c(Cl)c1. The van der Waals surface area contributed by atoms with Gasteiger partial charge in [-0.15, -0.1) is 0 Å². The van der Waals surface area contributed by atoms with Gasteiger partial charge in [0.1, 0.15) is 0 Å². The smallest absolute Gasteiger partial charge is 0.175 e. The highest BCUT2D eigenvalue weighted by Gasteiger charge is 2.15. The Balaban J connectivity index is 2.01. The molecule has 0 unspecified atom stereocenters. The lowest BCUT2D eigenvalue weighted by Gasteiger charge is -2.23. The molecular weight excluding hydrogens is 286 g/mol. The van der Waals surface area contributed by atoms with Gasteiger partial charge in [0.05, 0.1) is 17.6 Å². The third-order valence-corrected chi connectivity index (χ3v) is 4.68. The van der Waals surface area contributed by atoms with E-state index in [0.29, 0.717) is 11.6 Å². The Bertz CT molecular complexity index is 539. The minimum absolute atomic E-state index is 0.239. The molecule has 0 amide bonds. The molecule has 0 aromatic heterocycles. The zero-order valence-corrected chi connectivity index (χ0v) is 12.4. The van der Waals surface area contributed by atoms with Gasteiger partial charge in [0, 0.05) is 11.3 Å². The van der Waals surface area contributed by atoms with Gasteiger partial charge in [0.15, 0.2) is 9.84 Å². The molecular formula is C13H18ClNO3S. The van der Waals surface area contributed by atoms with Crippen molar-refractivity contribution >= 4 is 21.4 Å². The van der Waals surface area contributed by atoms with Crippen molar-refractivity contribution in [3.8, 4) is 0 Å². The van der Waals surface area contributed by atoms with Crippen LogP contribution in [0.3, 0.4) is 0 Å². The molecule has 0 saturated carbocycles. The summed E-state index contributed by atoms with van der Waals surface area (Å²) in [6.07, 6.45) is 3.42. The van der Waals surface area contributed by atoms with Crippen LogP contribution in [0.15, 0.2) is 23.1 Å². The molecule has 106 valence electrons. The summed E-state index contributed by atoms with van der Waals surface area (Å²) in [7, 11) is -3.21. The largest absolute Gasteiger partial charge is 0.373 e. The second-order valence-corrected chi connectivity index (χ2v) is 7.21. The van der Waals surface area contributed by atoms with Gasteiger partial charge in [0.25, 0.3) is 0 Å². The first-order valence-corrected chi connectivity index (χ1v) is 8.54. The Morgan fingerprint density at radius 2 is 2.05 bits per heavy atom. The molecule has 1 N–H and O–H groups in total. The molecule has 1 heterocycles. The van der Waals surface area contributed by atoms with Crippen molar-refractivity contribution in [1.29, 1.82) is 0 Å². The quantitative estimate of drug-likeness (QED) is 0.924. The van der Waals surface area contributed by atoms with Gasteiger partial charge in [0.2, 0.25) is 0 Å². The number of hydrogen-bond acceptors (Lipinski definition) is 4. The van der Waals surface area contributed by atoms with Crippen LogP contribution < -0.4 is 5.32 Å². The van der Waals surface area contributed by atoms with E-state index in [1.165, 1.54) is 12.3 Å². The fraction of sp³-hybridized carbons (Fsp3) is 0.538. The van der Waals surface area contributed by atoms with E-state index < -0.39 is 9.84 Å². The fourth-order valence-corrected chi connectivity index (χ4v) is 2.99. The molecule has 1 aromatic carbocycles. The number of sulfone groups is 1. The summed E-state index contributed by atoms with van der Waals surface area (Å²) >= 11 is 6.10. The van der Waals surface area contributed by atoms with Crippen LogP contribution in [0.1, 0.15) is 18.4 Å². The fourth-order valence-electron chi connectivity index (χ4n) is 2.05. The van der Waals surface area contributed by atoms with Crippen LogP contribution in [0.25, 0.3) is 0 Å². The van der Waals surface area contributed by atoms with E-state index in [9.17, 15) is 8.42 Å². The average Bonchev–Trinajstić information content (AvgIpc) is 2.37. The van der Waals surface area contributed by atoms with E-state index in [1.807, 2.05) is 0 Å². The molecule has 1 aromatic rings. The first-order chi connectivity index (χ1) is 8.97. The number of hydrogen-bond donors (Lipinski definition) is 1. The normalized spacial score (nSPS) is 17.6. The van der Waals surface area contributed by atoms with Gasteiger partial charge in [-0.3, -0.25) is 0 Å². The average molecular weight is 304 g/mol. The monoisotopic (exact) mass is 303 g/mol. The minimum atomic E-state index is -3.21. The molecule has 1 aliphatic heterocycles. The van der Waals surface area contributed by atoms with E-state index >= 15 is 0 Å². The van der Waals surface area contributed by atoms with E-state index in [0.717, 1.165) is 31.5 Å². The molecule has 19 heavy (non-hydrogen) atoms. The van der Waals surface area contributed by atoms with Gasteiger partial charge in [-0.1, -0.05) is 17.7 Å².